The predicted molar refractivity (Wildman–Crippen MR) is 81.9 cm³/mol. The Hall–Kier alpha value is -0.830. The minimum Gasteiger partial charge on any atom is -0.481 e. The molecule has 3 nitrogen and oxygen atoms in total. The van der Waals surface area contributed by atoms with E-state index in [-0.39, 0.29) is 0 Å². The van der Waals surface area contributed by atoms with Gasteiger partial charge in [-0.25, -0.2) is 0 Å². The van der Waals surface area contributed by atoms with Crippen molar-refractivity contribution >= 4 is 5.97 Å². The fourth-order valence-electron chi connectivity index (χ4n) is 2.77. The molecule has 20 heavy (non-hydrogen) atoms. The highest BCUT2D eigenvalue weighted by Crippen LogP contribution is 2.40. The van der Waals surface area contributed by atoms with Crippen LogP contribution in [0.15, 0.2) is 11.6 Å². The van der Waals surface area contributed by atoms with Gasteiger partial charge in [-0.2, -0.15) is 0 Å². The van der Waals surface area contributed by atoms with E-state index in [0.717, 1.165) is 6.92 Å². The lowest BCUT2D eigenvalue weighted by molar-refractivity contribution is -0.134. The summed E-state index contributed by atoms with van der Waals surface area (Å²) < 4.78 is 5.63. The molecule has 0 bridgehead atoms. The second-order valence-electron chi connectivity index (χ2n) is 5.84. The van der Waals surface area contributed by atoms with Gasteiger partial charge in [0.15, 0.2) is 0 Å². The first-order chi connectivity index (χ1) is 9.65. The summed E-state index contributed by atoms with van der Waals surface area (Å²) in [5.41, 5.74) is 1.62. The fourth-order valence-corrected chi connectivity index (χ4v) is 2.77. The lowest BCUT2D eigenvalue weighted by Gasteiger charge is -2.08. The molecule has 2 atom stereocenters. The molecule has 2 rings (SSSR count). The van der Waals surface area contributed by atoms with E-state index in [1.54, 1.807) is 5.57 Å². The third-order valence-electron chi connectivity index (χ3n) is 3.87. The number of rotatable bonds is 7. The Labute approximate surface area is 123 Å². The summed E-state index contributed by atoms with van der Waals surface area (Å²) in [4.78, 5) is 9.00. The maximum Gasteiger partial charge on any atom is 0.300 e. The molecule has 0 spiro atoms. The number of hydrogen-bond acceptors (Lipinski definition) is 2. The number of carboxylic acid groups (broad SMARTS) is 1. The molecule has 0 aromatic rings. The highest BCUT2D eigenvalue weighted by atomic mass is 16.6. The van der Waals surface area contributed by atoms with Crippen LogP contribution < -0.4 is 0 Å². The van der Waals surface area contributed by atoms with Gasteiger partial charge in [0.25, 0.3) is 5.97 Å². The Morgan fingerprint density at radius 3 is 2.65 bits per heavy atom. The molecular formula is C17H30O3. The summed E-state index contributed by atoms with van der Waals surface area (Å²) in [5.74, 6) is -0.833. The van der Waals surface area contributed by atoms with Crippen LogP contribution >= 0.6 is 0 Å². The van der Waals surface area contributed by atoms with E-state index in [1.165, 1.54) is 64.2 Å². The van der Waals surface area contributed by atoms with Crippen LogP contribution in [0.2, 0.25) is 0 Å². The van der Waals surface area contributed by atoms with Gasteiger partial charge in [0.1, 0.15) is 6.10 Å². The molecule has 116 valence electrons. The normalized spacial score (nSPS) is 25.6. The molecule has 0 radical (unpaired) electrons. The van der Waals surface area contributed by atoms with Gasteiger partial charge < -0.3 is 9.84 Å². The van der Waals surface area contributed by atoms with Crippen LogP contribution in [0.25, 0.3) is 0 Å². The van der Waals surface area contributed by atoms with E-state index < -0.39 is 5.97 Å². The zero-order chi connectivity index (χ0) is 14.8. The SMILES string of the molecule is CC(=O)O.CCCCCCCC/C=C1\CCC[C@@H]2O[C@H]12. The van der Waals surface area contributed by atoms with Gasteiger partial charge in [-0.1, -0.05) is 45.1 Å². The predicted octanol–water partition coefficient (Wildman–Crippen LogP) is 4.71. The van der Waals surface area contributed by atoms with Crippen molar-refractivity contribution in [1.29, 1.82) is 0 Å². The van der Waals surface area contributed by atoms with Gasteiger partial charge in [-0.05, 0) is 37.7 Å². The molecule has 0 aromatic carbocycles. The zero-order valence-electron chi connectivity index (χ0n) is 13.1. The molecule has 2 fully saturated rings. The Morgan fingerprint density at radius 2 is 1.95 bits per heavy atom. The molecule has 0 amide bonds. The van der Waals surface area contributed by atoms with Crippen molar-refractivity contribution in [3.63, 3.8) is 0 Å². The van der Waals surface area contributed by atoms with Crippen molar-refractivity contribution in [3.8, 4) is 0 Å². The molecule has 1 N–H and O–H groups in total. The molecule has 0 unspecified atom stereocenters. The van der Waals surface area contributed by atoms with Crippen LogP contribution in [0.4, 0.5) is 0 Å². The largest absolute Gasteiger partial charge is 0.481 e. The zero-order valence-corrected chi connectivity index (χ0v) is 13.1. The van der Waals surface area contributed by atoms with Gasteiger partial charge in [0.2, 0.25) is 0 Å². The number of carbonyl (C=O) groups is 1. The summed E-state index contributed by atoms with van der Waals surface area (Å²) >= 11 is 0. The monoisotopic (exact) mass is 282 g/mol. The average molecular weight is 282 g/mol. The van der Waals surface area contributed by atoms with E-state index in [9.17, 15) is 0 Å². The Morgan fingerprint density at radius 1 is 1.30 bits per heavy atom. The van der Waals surface area contributed by atoms with Crippen molar-refractivity contribution in [2.75, 3.05) is 0 Å². The highest BCUT2D eigenvalue weighted by Gasteiger charge is 2.43. The molecule has 2 aliphatic rings. The molecule has 1 aliphatic carbocycles. The number of unbranched alkanes of at least 4 members (excludes halogenated alkanes) is 6. The van der Waals surface area contributed by atoms with Crippen molar-refractivity contribution in [2.24, 2.45) is 0 Å². The molecule has 3 heteroatoms. The average Bonchev–Trinajstić information content (AvgIpc) is 3.17. The van der Waals surface area contributed by atoms with Crippen molar-refractivity contribution in [2.45, 2.75) is 90.3 Å². The molecule has 0 aromatic heterocycles. The lowest BCUT2D eigenvalue weighted by atomic mass is 9.94. The van der Waals surface area contributed by atoms with Crippen molar-refractivity contribution < 1.29 is 14.6 Å². The van der Waals surface area contributed by atoms with E-state index in [0.29, 0.717) is 12.2 Å². The molecule has 1 saturated carbocycles. The van der Waals surface area contributed by atoms with E-state index in [4.69, 9.17) is 14.6 Å². The Balaban J connectivity index is 0.000000444. The van der Waals surface area contributed by atoms with Crippen LogP contribution in [0, 0.1) is 0 Å². The van der Waals surface area contributed by atoms with Crippen LogP contribution in [-0.4, -0.2) is 23.3 Å². The smallest absolute Gasteiger partial charge is 0.300 e. The maximum absolute atomic E-state index is 9.00. The first kappa shape index (κ1) is 17.2. The summed E-state index contributed by atoms with van der Waals surface area (Å²) in [5, 5.41) is 7.42. The van der Waals surface area contributed by atoms with Gasteiger partial charge in [0.05, 0.1) is 6.10 Å². The van der Waals surface area contributed by atoms with Crippen molar-refractivity contribution in [3.05, 3.63) is 11.6 Å². The number of fused-ring (bicyclic) bond motifs is 1. The first-order valence-electron chi connectivity index (χ1n) is 8.19. The lowest BCUT2D eigenvalue weighted by Crippen LogP contribution is -2.05. The van der Waals surface area contributed by atoms with Gasteiger partial charge in [0, 0.05) is 6.92 Å². The third kappa shape index (κ3) is 7.68. The van der Waals surface area contributed by atoms with Gasteiger partial charge in [-0.15, -0.1) is 0 Å². The van der Waals surface area contributed by atoms with E-state index in [1.807, 2.05) is 0 Å². The van der Waals surface area contributed by atoms with Crippen molar-refractivity contribution in [1.82, 2.24) is 0 Å². The number of aliphatic carboxylic acids is 1. The number of allylic oxidation sites excluding steroid dienone is 1. The molecular weight excluding hydrogens is 252 g/mol. The van der Waals surface area contributed by atoms with Crippen LogP contribution in [0.5, 0.6) is 0 Å². The molecule has 1 aliphatic heterocycles. The van der Waals surface area contributed by atoms with Crippen LogP contribution in [-0.2, 0) is 9.53 Å². The molecule has 1 heterocycles. The number of epoxide rings is 1. The highest BCUT2D eigenvalue weighted by molar-refractivity contribution is 5.62. The minimum absolute atomic E-state index is 0.550. The molecule has 1 saturated heterocycles. The summed E-state index contributed by atoms with van der Waals surface area (Å²) in [7, 11) is 0. The number of hydrogen-bond donors (Lipinski definition) is 1. The van der Waals surface area contributed by atoms with Crippen LogP contribution in [0.1, 0.15) is 78.1 Å². The second kappa shape index (κ2) is 9.98. The Bertz CT molecular complexity index is 305. The standard InChI is InChI=1S/C15H26O.C2H4O2/c1-2-3-4-5-6-7-8-10-13-11-9-12-14-15(13)16-14;1-2(3)4/h10,14-15H,2-9,11-12H2,1H3;1H3,(H,3,4)/b13-10+;/t14-,15+;/m0./s1. The van der Waals surface area contributed by atoms with Crippen LogP contribution in [0.3, 0.4) is 0 Å². The fraction of sp³-hybridized carbons (Fsp3) is 0.824. The second-order valence-corrected chi connectivity index (χ2v) is 5.84. The number of ether oxygens (including phenoxy) is 1. The first-order valence-corrected chi connectivity index (χ1v) is 8.19. The quantitative estimate of drug-likeness (QED) is 0.418. The minimum atomic E-state index is -0.833. The van der Waals surface area contributed by atoms with Gasteiger partial charge >= 0.3 is 0 Å². The maximum atomic E-state index is 9.00. The number of carboxylic acids is 1. The van der Waals surface area contributed by atoms with Gasteiger partial charge in [-0.3, -0.25) is 4.79 Å². The Kier molecular flexibility index (Phi) is 8.59. The summed E-state index contributed by atoms with van der Waals surface area (Å²) in [6, 6.07) is 0. The summed E-state index contributed by atoms with van der Waals surface area (Å²) in [6.07, 6.45) is 17.3. The third-order valence-corrected chi connectivity index (χ3v) is 3.87. The summed E-state index contributed by atoms with van der Waals surface area (Å²) in [6.45, 7) is 3.36. The van der Waals surface area contributed by atoms with E-state index >= 15 is 0 Å². The van der Waals surface area contributed by atoms with E-state index in [2.05, 4.69) is 13.0 Å². The topological polar surface area (TPSA) is 49.8 Å².